The molecule has 1 aromatic carbocycles. The molecule has 0 fully saturated rings. The number of aromatic carboxylic acids is 1. The Kier molecular flexibility index (Phi) is 4.07. The third kappa shape index (κ3) is 3.10. The molecule has 0 bridgehead atoms. The molecule has 110 valence electrons. The number of carboxylic acids is 1. The summed E-state index contributed by atoms with van der Waals surface area (Å²) in [6, 6.07) is 5.08. The van der Waals surface area contributed by atoms with Crippen molar-refractivity contribution in [1.29, 1.82) is 0 Å². The van der Waals surface area contributed by atoms with Crippen molar-refractivity contribution in [1.82, 2.24) is 9.78 Å². The molecule has 6 heteroatoms. The SMILES string of the molecule is Cc1cccc(NC(=O)C(C)n2cc(C(=O)O)cn2)c1C. The average Bonchev–Trinajstić information content (AvgIpc) is 2.93. The molecule has 6 nitrogen and oxygen atoms in total. The zero-order valence-corrected chi connectivity index (χ0v) is 12.1. The van der Waals surface area contributed by atoms with Crippen molar-refractivity contribution < 1.29 is 14.7 Å². The second-order valence-corrected chi connectivity index (χ2v) is 4.93. The zero-order valence-electron chi connectivity index (χ0n) is 12.1. The van der Waals surface area contributed by atoms with Gasteiger partial charge in [0.05, 0.1) is 11.8 Å². The summed E-state index contributed by atoms with van der Waals surface area (Å²) in [5.74, 6) is -1.31. The largest absolute Gasteiger partial charge is 0.478 e. The Labute approximate surface area is 122 Å². The highest BCUT2D eigenvalue weighted by Gasteiger charge is 2.18. The van der Waals surface area contributed by atoms with Crippen LogP contribution in [0.1, 0.15) is 34.5 Å². The Morgan fingerprint density at radius 1 is 1.33 bits per heavy atom. The van der Waals surface area contributed by atoms with Crippen molar-refractivity contribution in [3.63, 3.8) is 0 Å². The lowest BCUT2D eigenvalue weighted by Crippen LogP contribution is -2.24. The van der Waals surface area contributed by atoms with Gasteiger partial charge in [0.2, 0.25) is 5.91 Å². The van der Waals surface area contributed by atoms with Crippen molar-refractivity contribution in [2.75, 3.05) is 5.32 Å². The number of carbonyl (C=O) groups excluding carboxylic acids is 1. The van der Waals surface area contributed by atoms with E-state index in [1.54, 1.807) is 6.92 Å². The standard InChI is InChI=1S/C15H17N3O3/c1-9-5-4-6-13(10(9)2)17-14(19)11(3)18-8-12(7-16-18)15(20)21/h4-8,11H,1-3H3,(H,17,19)(H,20,21). The predicted molar refractivity (Wildman–Crippen MR) is 78.4 cm³/mol. The minimum Gasteiger partial charge on any atom is -0.478 e. The van der Waals surface area contributed by atoms with E-state index < -0.39 is 12.0 Å². The van der Waals surface area contributed by atoms with Crippen LogP contribution < -0.4 is 5.32 Å². The van der Waals surface area contributed by atoms with E-state index in [1.807, 2.05) is 32.0 Å². The first-order valence-electron chi connectivity index (χ1n) is 6.54. The zero-order chi connectivity index (χ0) is 15.6. The number of carboxylic acid groups (broad SMARTS) is 1. The summed E-state index contributed by atoms with van der Waals surface area (Å²) in [5.41, 5.74) is 2.90. The van der Waals surface area contributed by atoms with Crippen LogP contribution in [-0.2, 0) is 4.79 Å². The monoisotopic (exact) mass is 287 g/mol. The van der Waals surface area contributed by atoms with Crippen LogP contribution in [0.4, 0.5) is 5.69 Å². The summed E-state index contributed by atoms with van der Waals surface area (Å²) >= 11 is 0. The smallest absolute Gasteiger partial charge is 0.338 e. The Morgan fingerprint density at radius 3 is 2.67 bits per heavy atom. The van der Waals surface area contributed by atoms with Crippen molar-refractivity contribution in [2.24, 2.45) is 0 Å². The first-order chi connectivity index (χ1) is 9.90. The molecular weight excluding hydrogens is 270 g/mol. The highest BCUT2D eigenvalue weighted by molar-refractivity contribution is 5.94. The number of aromatic nitrogens is 2. The number of hydrogen-bond donors (Lipinski definition) is 2. The van der Waals surface area contributed by atoms with Gasteiger partial charge in [0.15, 0.2) is 0 Å². The van der Waals surface area contributed by atoms with E-state index in [1.165, 1.54) is 17.1 Å². The normalized spacial score (nSPS) is 12.0. The molecule has 0 saturated carbocycles. The summed E-state index contributed by atoms with van der Waals surface area (Å²) in [6.07, 6.45) is 2.57. The fourth-order valence-electron chi connectivity index (χ4n) is 1.90. The lowest BCUT2D eigenvalue weighted by molar-refractivity contribution is -0.119. The number of nitrogens with zero attached hydrogens (tertiary/aromatic N) is 2. The van der Waals surface area contributed by atoms with Crippen LogP contribution in [0.5, 0.6) is 0 Å². The van der Waals surface area contributed by atoms with Crippen molar-refractivity contribution >= 4 is 17.6 Å². The Balaban J connectivity index is 2.15. The second kappa shape index (κ2) is 5.78. The highest BCUT2D eigenvalue weighted by atomic mass is 16.4. The van der Waals surface area contributed by atoms with E-state index in [0.29, 0.717) is 0 Å². The Hall–Kier alpha value is -2.63. The first kappa shape index (κ1) is 14.8. The number of carbonyl (C=O) groups is 2. The molecule has 0 saturated heterocycles. The molecule has 0 aliphatic rings. The lowest BCUT2D eigenvalue weighted by Gasteiger charge is -2.15. The number of hydrogen-bond acceptors (Lipinski definition) is 3. The maximum atomic E-state index is 12.2. The summed E-state index contributed by atoms with van der Waals surface area (Å²) in [6.45, 7) is 5.58. The molecule has 21 heavy (non-hydrogen) atoms. The number of amides is 1. The molecule has 2 rings (SSSR count). The van der Waals surface area contributed by atoms with Gasteiger partial charge in [-0.15, -0.1) is 0 Å². The summed E-state index contributed by atoms with van der Waals surface area (Å²) in [5, 5.41) is 15.6. The van der Waals surface area contributed by atoms with Gasteiger partial charge in [-0.3, -0.25) is 9.48 Å². The molecule has 1 unspecified atom stereocenters. The maximum Gasteiger partial charge on any atom is 0.338 e. The van der Waals surface area contributed by atoms with Crippen LogP contribution in [0.2, 0.25) is 0 Å². The van der Waals surface area contributed by atoms with Gasteiger partial charge in [0.25, 0.3) is 0 Å². The fourth-order valence-corrected chi connectivity index (χ4v) is 1.90. The minimum absolute atomic E-state index is 0.0568. The molecule has 0 aliphatic carbocycles. The number of nitrogens with one attached hydrogen (secondary N) is 1. The van der Waals surface area contributed by atoms with Gasteiger partial charge >= 0.3 is 5.97 Å². The molecular formula is C15H17N3O3. The van der Waals surface area contributed by atoms with Crippen molar-refractivity contribution in [3.05, 3.63) is 47.3 Å². The van der Waals surface area contributed by atoms with E-state index in [0.717, 1.165) is 16.8 Å². The quantitative estimate of drug-likeness (QED) is 0.904. The van der Waals surface area contributed by atoms with Crippen molar-refractivity contribution in [3.8, 4) is 0 Å². The van der Waals surface area contributed by atoms with E-state index >= 15 is 0 Å². The van der Waals surface area contributed by atoms with Crippen LogP contribution in [-0.4, -0.2) is 26.8 Å². The second-order valence-electron chi connectivity index (χ2n) is 4.93. The Bertz CT molecular complexity index is 691. The summed E-state index contributed by atoms with van der Waals surface area (Å²) in [7, 11) is 0. The molecule has 1 heterocycles. The topological polar surface area (TPSA) is 84.2 Å². The Morgan fingerprint density at radius 2 is 2.05 bits per heavy atom. The first-order valence-corrected chi connectivity index (χ1v) is 6.54. The van der Waals surface area contributed by atoms with Crippen molar-refractivity contribution in [2.45, 2.75) is 26.8 Å². The van der Waals surface area contributed by atoms with Gasteiger partial charge in [-0.25, -0.2) is 4.79 Å². The minimum atomic E-state index is -1.07. The van der Waals surface area contributed by atoms with Crippen LogP contribution in [0.25, 0.3) is 0 Å². The van der Waals surface area contributed by atoms with Crippen LogP contribution in [0.3, 0.4) is 0 Å². The van der Waals surface area contributed by atoms with Gasteiger partial charge < -0.3 is 10.4 Å². The highest BCUT2D eigenvalue weighted by Crippen LogP contribution is 2.19. The lowest BCUT2D eigenvalue weighted by atomic mass is 10.1. The number of aryl methyl sites for hydroxylation is 1. The van der Waals surface area contributed by atoms with E-state index in [9.17, 15) is 9.59 Å². The maximum absolute atomic E-state index is 12.2. The molecule has 1 aromatic heterocycles. The van der Waals surface area contributed by atoms with E-state index in [-0.39, 0.29) is 11.5 Å². The molecule has 2 N–H and O–H groups in total. The third-order valence-electron chi connectivity index (χ3n) is 3.49. The number of anilines is 1. The van der Waals surface area contributed by atoms with Gasteiger partial charge in [-0.1, -0.05) is 12.1 Å². The molecule has 0 spiro atoms. The summed E-state index contributed by atoms with van der Waals surface area (Å²) in [4.78, 5) is 23.1. The molecule has 1 atom stereocenters. The van der Waals surface area contributed by atoms with Crippen LogP contribution in [0, 0.1) is 13.8 Å². The summed E-state index contributed by atoms with van der Waals surface area (Å²) < 4.78 is 1.34. The van der Waals surface area contributed by atoms with Gasteiger partial charge in [0, 0.05) is 11.9 Å². The number of rotatable bonds is 4. The average molecular weight is 287 g/mol. The molecule has 1 amide bonds. The molecule has 0 aliphatic heterocycles. The van der Waals surface area contributed by atoms with Crippen LogP contribution >= 0.6 is 0 Å². The van der Waals surface area contributed by atoms with Crippen LogP contribution in [0.15, 0.2) is 30.6 Å². The van der Waals surface area contributed by atoms with Gasteiger partial charge in [-0.05, 0) is 38.0 Å². The van der Waals surface area contributed by atoms with E-state index in [4.69, 9.17) is 5.11 Å². The molecule has 2 aromatic rings. The van der Waals surface area contributed by atoms with Gasteiger partial charge in [-0.2, -0.15) is 5.10 Å². The predicted octanol–water partition coefficient (Wildman–Crippen LogP) is 2.40. The van der Waals surface area contributed by atoms with Gasteiger partial charge in [0.1, 0.15) is 6.04 Å². The molecule has 0 radical (unpaired) electrons. The third-order valence-corrected chi connectivity index (χ3v) is 3.49. The number of benzene rings is 1. The fraction of sp³-hybridized carbons (Fsp3) is 0.267. The van der Waals surface area contributed by atoms with E-state index in [2.05, 4.69) is 10.4 Å².